The summed E-state index contributed by atoms with van der Waals surface area (Å²) in [5.41, 5.74) is 7.03. The molecule has 3 fully saturated rings. The number of hydrogen-bond acceptors (Lipinski definition) is 9. The zero-order chi connectivity index (χ0) is 25.1. The molecule has 2 unspecified atom stereocenters. The Hall–Kier alpha value is -3.01. The fourth-order valence-electron chi connectivity index (χ4n) is 5.92. The molecule has 1 saturated carbocycles. The van der Waals surface area contributed by atoms with Crippen LogP contribution in [0.3, 0.4) is 0 Å². The van der Waals surface area contributed by atoms with Crippen molar-refractivity contribution in [3.8, 4) is 17.3 Å². The fraction of sp³-hybridized carbons (Fsp3) is 0.407. The molecule has 2 atom stereocenters. The molecule has 10 heteroatoms. The van der Waals surface area contributed by atoms with Crippen LogP contribution in [0.15, 0.2) is 29.5 Å². The van der Waals surface area contributed by atoms with E-state index in [1.807, 2.05) is 24.5 Å². The number of rotatable bonds is 6. The van der Waals surface area contributed by atoms with Crippen LogP contribution in [0.25, 0.3) is 31.6 Å². The molecule has 7 rings (SSSR count). The Kier molecular flexibility index (Phi) is 5.67. The summed E-state index contributed by atoms with van der Waals surface area (Å²) >= 11 is 8.46. The average molecular weight is 534 g/mol. The minimum Gasteiger partial charge on any atom is -0.467 e. The molecule has 37 heavy (non-hydrogen) atoms. The maximum atomic E-state index is 6.81. The first-order valence-electron chi connectivity index (χ1n) is 12.8. The zero-order valence-electron chi connectivity index (χ0n) is 20.8. The fourth-order valence-corrected chi connectivity index (χ4v) is 7.38. The number of nitrogens with zero attached hydrogens (tertiary/aromatic N) is 5. The normalized spacial score (nSPS) is 21.4. The van der Waals surface area contributed by atoms with Crippen molar-refractivity contribution in [3.63, 3.8) is 0 Å². The van der Waals surface area contributed by atoms with Gasteiger partial charge in [0.15, 0.2) is 0 Å². The van der Waals surface area contributed by atoms with Gasteiger partial charge in [-0.05, 0) is 49.3 Å². The molecule has 4 aromatic rings. The number of ether oxygens (including phenoxy) is 1. The van der Waals surface area contributed by atoms with E-state index in [0.717, 1.165) is 73.9 Å². The first kappa shape index (κ1) is 23.1. The van der Waals surface area contributed by atoms with Crippen LogP contribution in [-0.2, 0) is 0 Å². The van der Waals surface area contributed by atoms with Crippen LogP contribution in [0.2, 0.25) is 5.02 Å². The van der Waals surface area contributed by atoms with Crippen LogP contribution < -0.4 is 20.4 Å². The van der Waals surface area contributed by atoms with Gasteiger partial charge in [-0.3, -0.25) is 4.98 Å². The van der Waals surface area contributed by atoms with E-state index >= 15 is 0 Å². The molecule has 2 N–H and O–H groups in total. The lowest BCUT2D eigenvalue weighted by atomic mass is 9.94. The number of halogens is 1. The number of hydrogen-bond donors (Lipinski definition) is 2. The van der Waals surface area contributed by atoms with Gasteiger partial charge in [-0.25, -0.2) is 0 Å². The number of anilines is 1. The number of thiophene rings is 1. The Morgan fingerprint density at radius 1 is 1.16 bits per heavy atom. The molecule has 190 valence electrons. The van der Waals surface area contributed by atoms with Crippen molar-refractivity contribution >= 4 is 55.3 Å². The number of benzene rings is 1. The maximum absolute atomic E-state index is 6.81. The predicted molar refractivity (Wildman–Crippen MR) is 151 cm³/mol. The molecule has 2 saturated heterocycles. The van der Waals surface area contributed by atoms with Gasteiger partial charge in [0.25, 0.3) is 0 Å². The lowest BCUT2D eigenvalue weighted by Gasteiger charge is -2.34. The summed E-state index contributed by atoms with van der Waals surface area (Å²) < 4.78 is 6.64. The van der Waals surface area contributed by atoms with Gasteiger partial charge < -0.3 is 20.4 Å². The molecule has 1 aromatic carbocycles. The summed E-state index contributed by atoms with van der Waals surface area (Å²) in [5, 5.41) is 11.0. The molecule has 0 spiro atoms. The molecule has 3 aliphatic rings. The lowest BCUT2D eigenvalue weighted by Crippen LogP contribution is -2.51. The van der Waals surface area contributed by atoms with E-state index in [9.17, 15) is 0 Å². The van der Waals surface area contributed by atoms with Gasteiger partial charge in [0, 0.05) is 60.0 Å². The highest BCUT2D eigenvalue weighted by atomic mass is 35.5. The summed E-state index contributed by atoms with van der Waals surface area (Å²) in [4.78, 5) is 17.9. The van der Waals surface area contributed by atoms with Crippen LogP contribution >= 0.6 is 22.9 Å². The van der Waals surface area contributed by atoms with Crippen molar-refractivity contribution < 1.29 is 4.74 Å². The minimum atomic E-state index is 0.401. The highest BCUT2D eigenvalue weighted by Gasteiger charge is 2.35. The largest absolute Gasteiger partial charge is 0.467 e. The smallest absolute Gasteiger partial charge is 0.319 e. The summed E-state index contributed by atoms with van der Waals surface area (Å²) in [6.07, 6.45) is 8.45. The first-order chi connectivity index (χ1) is 18.1. The highest BCUT2D eigenvalue weighted by molar-refractivity contribution is 7.26. The number of piperazine rings is 1. The molecular formula is C27H28ClN7OS. The third-order valence-corrected chi connectivity index (χ3v) is 9.12. The van der Waals surface area contributed by atoms with E-state index in [2.05, 4.69) is 26.8 Å². The molecule has 1 aliphatic carbocycles. The molecular weight excluding hydrogens is 506 g/mol. The minimum absolute atomic E-state index is 0.401. The van der Waals surface area contributed by atoms with Crippen LogP contribution in [0, 0.1) is 0 Å². The molecule has 8 nitrogen and oxygen atoms in total. The first-order valence-corrected chi connectivity index (χ1v) is 14.0. The summed E-state index contributed by atoms with van der Waals surface area (Å²) in [7, 11) is 3.43. The van der Waals surface area contributed by atoms with E-state index in [1.54, 1.807) is 25.5 Å². The Bertz CT molecular complexity index is 1540. The number of nitrogens with one attached hydrogen (secondary N) is 2. The lowest BCUT2D eigenvalue weighted by molar-refractivity contribution is 0.380. The summed E-state index contributed by atoms with van der Waals surface area (Å²) in [5.74, 6) is 1.40. The molecule has 0 radical (unpaired) electrons. The second kappa shape index (κ2) is 9.08. The third kappa shape index (κ3) is 3.91. The highest BCUT2D eigenvalue weighted by Crippen LogP contribution is 2.51. The molecule has 2 bridgehead atoms. The number of fused-ring (bicyclic) bond motifs is 5. The molecule has 5 heterocycles. The Labute approximate surface area is 224 Å². The van der Waals surface area contributed by atoms with Crippen molar-refractivity contribution in [2.75, 3.05) is 32.1 Å². The number of hydrazone groups is 1. The van der Waals surface area contributed by atoms with Crippen LogP contribution in [-0.4, -0.2) is 60.5 Å². The third-order valence-electron chi connectivity index (χ3n) is 7.69. The van der Waals surface area contributed by atoms with Crippen LogP contribution in [0.4, 0.5) is 5.82 Å². The molecule has 0 amide bonds. The van der Waals surface area contributed by atoms with Crippen molar-refractivity contribution in [2.45, 2.75) is 43.7 Å². The van der Waals surface area contributed by atoms with Crippen molar-refractivity contribution in [2.24, 2.45) is 5.10 Å². The number of pyridine rings is 1. The van der Waals surface area contributed by atoms with Gasteiger partial charge in [0.2, 0.25) is 0 Å². The van der Waals surface area contributed by atoms with Gasteiger partial charge in [-0.15, -0.1) is 11.3 Å². The van der Waals surface area contributed by atoms with Crippen molar-refractivity contribution in [1.29, 1.82) is 0 Å². The van der Waals surface area contributed by atoms with Crippen molar-refractivity contribution in [1.82, 2.24) is 25.7 Å². The second-order valence-corrected chi connectivity index (χ2v) is 11.5. The number of methoxy groups -OCH3 is 1. The van der Waals surface area contributed by atoms with E-state index in [4.69, 9.17) is 31.3 Å². The Balaban J connectivity index is 1.48. The van der Waals surface area contributed by atoms with E-state index in [1.165, 1.54) is 18.4 Å². The molecule has 3 aromatic heterocycles. The van der Waals surface area contributed by atoms with Gasteiger partial charge in [-0.1, -0.05) is 17.7 Å². The molecule has 2 aliphatic heterocycles. The average Bonchev–Trinajstić information content (AvgIpc) is 3.60. The number of aromatic nitrogens is 3. The van der Waals surface area contributed by atoms with E-state index in [0.29, 0.717) is 24.0 Å². The Morgan fingerprint density at radius 2 is 1.97 bits per heavy atom. The van der Waals surface area contributed by atoms with E-state index < -0.39 is 0 Å². The SMILES string of the molecule is CN/N=C\c1ccc(Cl)c(C2CC2)c1-c1nccc2c1sc1nc(OC)nc(N3CC4CCC(C3)N4)c12. The van der Waals surface area contributed by atoms with Gasteiger partial charge in [0.1, 0.15) is 10.6 Å². The monoisotopic (exact) mass is 533 g/mol. The van der Waals surface area contributed by atoms with Gasteiger partial charge in [-0.2, -0.15) is 15.1 Å². The summed E-state index contributed by atoms with van der Waals surface area (Å²) in [6, 6.07) is 7.50. The van der Waals surface area contributed by atoms with E-state index in [-0.39, 0.29) is 0 Å². The zero-order valence-corrected chi connectivity index (χ0v) is 22.4. The topological polar surface area (TPSA) is 87.6 Å². The Morgan fingerprint density at radius 3 is 2.70 bits per heavy atom. The second-order valence-electron chi connectivity index (χ2n) is 10.1. The standard InChI is InChI=1S/C27H28ClN7OS/c1-29-31-11-15-5-8-19(28)20(14-3-4-14)21(15)23-24-18(9-10-30-23)22-25(33-27(36-2)34-26(22)37-24)35-12-16-6-7-17(13-35)32-16/h5,8-11,14,16-17,29,32H,3-4,6-7,12-13H2,1-2H3/b31-11-. The van der Waals surface area contributed by atoms with Crippen LogP contribution in [0.1, 0.15) is 42.7 Å². The predicted octanol–water partition coefficient (Wildman–Crippen LogP) is 4.94. The van der Waals surface area contributed by atoms with Gasteiger partial charge in [0.05, 0.1) is 29.1 Å². The van der Waals surface area contributed by atoms with Gasteiger partial charge >= 0.3 is 6.01 Å². The quantitative estimate of drug-likeness (QED) is 0.268. The summed E-state index contributed by atoms with van der Waals surface area (Å²) in [6.45, 7) is 1.87. The van der Waals surface area contributed by atoms with Crippen molar-refractivity contribution in [3.05, 3.63) is 40.5 Å². The maximum Gasteiger partial charge on any atom is 0.319 e. The van der Waals surface area contributed by atoms with Crippen LogP contribution in [0.5, 0.6) is 6.01 Å².